The van der Waals surface area contributed by atoms with Crippen molar-refractivity contribution in [1.82, 2.24) is 15.3 Å². The molecule has 0 bridgehead atoms. The molecule has 0 fully saturated rings. The van der Waals surface area contributed by atoms with Crippen molar-refractivity contribution >= 4 is 45.8 Å². The van der Waals surface area contributed by atoms with Gasteiger partial charge in [0, 0.05) is 36.4 Å². The summed E-state index contributed by atoms with van der Waals surface area (Å²) < 4.78 is 13.4. The molecule has 1 aromatic carbocycles. The zero-order valence-electron chi connectivity index (χ0n) is 13.8. The zero-order valence-corrected chi connectivity index (χ0v) is 15.3. The Kier molecular flexibility index (Phi) is 5.54. The van der Waals surface area contributed by atoms with Gasteiger partial charge in [0.15, 0.2) is 0 Å². The van der Waals surface area contributed by atoms with Crippen LogP contribution < -0.4 is 10.6 Å². The first-order valence-electron chi connectivity index (χ1n) is 7.84. The molecule has 3 aromatic rings. The zero-order chi connectivity index (χ0) is 18.7. The number of nitrogens with one attached hydrogen (secondary N) is 2. The number of rotatable bonds is 5. The first-order valence-corrected chi connectivity index (χ1v) is 8.59. The van der Waals surface area contributed by atoms with E-state index in [4.69, 9.17) is 23.2 Å². The van der Waals surface area contributed by atoms with E-state index in [-0.39, 0.29) is 5.91 Å². The quantitative estimate of drug-likeness (QED) is 0.637. The number of pyridine rings is 2. The van der Waals surface area contributed by atoms with Crippen LogP contribution >= 0.6 is 23.2 Å². The predicted molar refractivity (Wildman–Crippen MR) is 102 cm³/mol. The van der Waals surface area contributed by atoms with E-state index in [9.17, 15) is 9.18 Å². The van der Waals surface area contributed by atoms with Gasteiger partial charge < -0.3 is 10.6 Å². The number of amides is 1. The van der Waals surface area contributed by atoms with Gasteiger partial charge in [-0.3, -0.25) is 9.78 Å². The second kappa shape index (κ2) is 7.85. The highest BCUT2D eigenvalue weighted by Crippen LogP contribution is 2.22. The number of fused-ring (bicyclic) bond motifs is 1. The van der Waals surface area contributed by atoms with Gasteiger partial charge in [-0.05, 0) is 31.2 Å². The summed E-state index contributed by atoms with van der Waals surface area (Å²) in [6.07, 6.45) is 1.49. The van der Waals surface area contributed by atoms with Crippen molar-refractivity contribution in [2.45, 2.75) is 6.92 Å². The molecule has 3 rings (SSSR count). The van der Waals surface area contributed by atoms with Crippen LogP contribution in [0.15, 0.2) is 36.5 Å². The summed E-state index contributed by atoms with van der Waals surface area (Å²) >= 11 is 11.8. The number of carbonyl (C=O) groups excluding carboxylic acids is 1. The van der Waals surface area contributed by atoms with Crippen LogP contribution in [0.4, 0.5) is 10.2 Å². The highest BCUT2D eigenvalue weighted by molar-refractivity contribution is 6.35. The molecule has 26 heavy (non-hydrogen) atoms. The van der Waals surface area contributed by atoms with Gasteiger partial charge in [0.1, 0.15) is 11.6 Å². The molecule has 2 heterocycles. The van der Waals surface area contributed by atoms with Gasteiger partial charge in [0.2, 0.25) is 0 Å². The van der Waals surface area contributed by atoms with E-state index in [1.165, 1.54) is 18.3 Å². The monoisotopic (exact) mass is 392 g/mol. The van der Waals surface area contributed by atoms with Crippen molar-refractivity contribution in [3.05, 3.63) is 63.6 Å². The molecule has 1 amide bonds. The van der Waals surface area contributed by atoms with Crippen LogP contribution in [-0.4, -0.2) is 29.0 Å². The lowest BCUT2D eigenvalue weighted by molar-refractivity contribution is 0.0956. The molecule has 134 valence electrons. The maximum Gasteiger partial charge on any atom is 0.252 e. The molecule has 0 atom stereocenters. The molecule has 2 aromatic heterocycles. The number of aromatic nitrogens is 2. The molecule has 8 heteroatoms. The number of nitrogens with zero attached hydrogens (tertiary/aromatic N) is 2. The minimum Gasteiger partial charge on any atom is -0.367 e. The SMILES string of the molecule is Cc1cc(C(=O)NCCNc2ncc(Cl)cc2Cl)c2ccc(F)cc2n1. The highest BCUT2D eigenvalue weighted by Gasteiger charge is 2.12. The fourth-order valence-corrected chi connectivity index (χ4v) is 2.97. The summed E-state index contributed by atoms with van der Waals surface area (Å²) in [5, 5.41) is 7.29. The van der Waals surface area contributed by atoms with Gasteiger partial charge in [-0.1, -0.05) is 23.2 Å². The average Bonchev–Trinajstić information content (AvgIpc) is 2.58. The van der Waals surface area contributed by atoms with Crippen molar-refractivity contribution in [2.75, 3.05) is 18.4 Å². The fraction of sp³-hybridized carbons (Fsp3) is 0.167. The second-order valence-electron chi connectivity index (χ2n) is 5.64. The molecule has 0 aliphatic rings. The molecule has 0 saturated carbocycles. The van der Waals surface area contributed by atoms with E-state index in [2.05, 4.69) is 20.6 Å². The van der Waals surface area contributed by atoms with Gasteiger partial charge >= 0.3 is 0 Å². The van der Waals surface area contributed by atoms with E-state index >= 15 is 0 Å². The smallest absolute Gasteiger partial charge is 0.252 e. The molecule has 0 unspecified atom stereocenters. The average molecular weight is 393 g/mol. The summed E-state index contributed by atoms with van der Waals surface area (Å²) in [5.74, 6) is -0.159. The van der Waals surface area contributed by atoms with E-state index < -0.39 is 5.82 Å². The topological polar surface area (TPSA) is 66.9 Å². The van der Waals surface area contributed by atoms with E-state index in [0.29, 0.717) is 51.1 Å². The lowest BCUT2D eigenvalue weighted by atomic mass is 10.1. The van der Waals surface area contributed by atoms with Gasteiger partial charge in [-0.15, -0.1) is 0 Å². The Balaban J connectivity index is 1.66. The van der Waals surface area contributed by atoms with Crippen molar-refractivity contribution in [2.24, 2.45) is 0 Å². The van der Waals surface area contributed by atoms with Gasteiger partial charge in [-0.2, -0.15) is 0 Å². The van der Waals surface area contributed by atoms with E-state index in [1.54, 1.807) is 25.1 Å². The van der Waals surface area contributed by atoms with Crippen LogP contribution in [0.5, 0.6) is 0 Å². The summed E-state index contributed by atoms with van der Waals surface area (Å²) in [6, 6.07) is 7.45. The van der Waals surface area contributed by atoms with Crippen molar-refractivity contribution in [3.8, 4) is 0 Å². The lowest BCUT2D eigenvalue weighted by Crippen LogP contribution is -2.29. The first-order chi connectivity index (χ1) is 12.4. The number of aryl methyl sites for hydroxylation is 1. The van der Waals surface area contributed by atoms with Gasteiger partial charge in [-0.25, -0.2) is 9.37 Å². The second-order valence-corrected chi connectivity index (χ2v) is 6.48. The molecule has 0 aliphatic heterocycles. The molecule has 0 radical (unpaired) electrons. The maximum absolute atomic E-state index is 13.4. The Labute approximate surface area is 159 Å². The standard InChI is InChI=1S/C18H15Cl2FN4O/c1-10-6-14(13-3-2-12(21)8-16(13)25-10)18(26)23-5-4-22-17-15(20)7-11(19)9-24-17/h2-3,6-9H,4-5H2,1H3,(H,22,24)(H,23,26). The van der Waals surface area contributed by atoms with E-state index in [1.807, 2.05) is 0 Å². The summed E-state index contributed by atoms with van der Waals surface area (Å²) in [7, 11) is 0. The largest absolute Gasteiger partial charge is 0.367 e. The summed E-state index contributed by atoms with van der Waals surface area (Å²) in [4.78, 5) is 20.8. The highest BCUT2D eigenvalue weighted by atomic mass is 35.5. The third kappa shape index (κ3) is 4.20. The van der Waals surface area contributed by atoms with Crippen LogP contribution in [0.25, 0.3) is 10.9 Å². The number of benzene rings is 1. The van der Waals surface area contributed by atoms with Crippen LogP contribution in [0.1, 0.15) is 16.1 Å². The van der Waals surface area contributed by atoms with Crippen LogP contribution in [-0.2, 0) is 0 Å². The molecule has 0 spiro atoms. The fourth-order valence-electron chi connectivity index (χ4n) is 2.52. The molecular formula is C18H15Cl2FN4O. The minimum atomic E-state index is -0.390. The maximum atomic E-state index is 13.4. The lowest BCUT2D eigenvalue weighted by Gasteiger charge is -2.11. The minimum absolute atomic E-state index is 0.260. The van der Waals surface area contributed by atoms with Crippen LogP contribution in [0.2, 0.25) is 10.0 Å². The Hall–Kier alpha value is -2.44. The molecule has 2 N–H and O–H groups in total. The first kappa shape index (κ1) is 18.4. The Morgan fingerprint density at radius 2 is 2.00 bits per heavy atom. The van der Waals surface area contributed by atoms with Crippen molar-refractivity contribution < 1.29 is 9.18 Å². The number of halogens is 3. The molecule has 5 nitrogen and oxygen atoms in total. The normalized spacial score (nSPS) is 10.8. The predicted octanol–water partition coefficient (Wildman–Crippen LogP) is 4.23. The summed E-state index contributed by atoms with van der Waals surface area (Å²) in [5.41, 5.74) is 1.55. The number of hydrogen-bond acceptors (Lipinski definition) is 4. The van der Waals surface area contributed by atoms with Crippen LogP contribution in [0, 0.1) is 12.7 Å². The van der Waals surface area contributed by atoms with Gasteiger partial charge in [0.05, 0.1) is 21.1 Å². The number of carbonyl (C=O) groups is 1. The Morgan fingerprint density at radius 1 is 1.19 bits per heavy atom. The van der Waals surface area contributed by atoms with Crippen molar-refractivity contribution in [3.63, 3.8) is 0 Å². The molecule has 0 saturated heterocycles. The Bertz CT molecular complexity index is 976. The third-order valence-corrected chi connectivity index (χ3v) is 4.15. The summed E-state index contributed by atoms with van der Waals surface area (Å²) in [6.45, 7) is 2.54. The van der Waals surface area contributed by atoms with Crippen LogP contribution in [0.3, 0.4) is 0 Å². The number of hydrogen-bond donors (Lipinski definition) is 2. The molecular weight excluding hydrogens is 378 g/mol. The van der Waals surface area contributed by atoms with Gasteiger partial charge in [0.25, 0.3) is 5.91 Å². The van der Waals surface area contributed by atoms with E-state index in [0.717, 1.165) is 0 Å². The third-order valence-electron chi connectivity index (χ3n) is 3.66. The number of anilines is 1. The molecule has 0 aliphatic carbocycles. The van der Waals surface area contributed by atoms with Crippen molar-refractivity contribution in [1.29, 1.82) is 0 Å². The Morgan fingerprint density at radius 3 is 2.77 bits per heavy atom.